The van der Waals surface area contributed by atoms with E-state index >= 15 is 0 Å². The Morgan fingerprint density at radius 1 is 0.478 bits per heavy atom. The van der Waals surface area contributed by atoms with Gasteiger partial charge in [-0.2, -0.15) is 12.1 Å². The molecule has 1 aliphatic rings. The van der Waals surface area contributed by atoms with E-state index in [0.717, 1.165) is 50.4 Å². The van der Waals surface area contributed by atoms with Gasteiger partial charge in [0.25, 0.3) is 0 Å². The normalized spacial score (nSPS) is 13.6. The number of hydrogen-bond acceptors (Lipinski definition) is 4. The molecule has 2 aromatic heterocycles. The van der Waals surface area contributed by atoms with Crippen LogP contribution in [0.15, 0.2) is 134 Å². The quantitative estimate of drug-likeness (QED) is 0.149. The first-order chi connectivity index (χ1) is 31.0. The number of nitrogens with zero attached hydrogens (tertiary/aromatic N) is 4. The molecule has 0 atom stereocenters. The minimum absolute atomic E-state index is 0. The fourth-order valence-corrected chi connectivity index (χ4v) is 9.05. The van der Waals surface area contributed by atoms with Crippen molar-refractivity contribution < 1.29 is 25.8 Å². The second-order valence-electron chi connectivity index (χ2n) is 22.9. The molecular formula is C61H65N4OPt-3. The summed E-state index contributed by atoms with van der Waals surface area (Å²) < 4.78 is 8.97. The summed E-state index contributed by atoms with van der Waals surface area (Å²) in [7, 11) is 0. The molecule has 0 aliphatic carbocycles. The van der Waals surface area contributed by atoms with Gasteiger partial charge in [-0.1, -0.05) is 157 Å². The molecule has 0 saturated carbocycles. The van der Waals surface area contributed by atoms with Gasteiger partial charge in [-0.25, -0.2) is 4.98 Å². The van der Waals surface area contributed by atoms with Gasteiger partial charge in [-0.3, -0.25) is 0 Å². The molecule has 0 bridgehead atoms. The largest absolute Gasteiger partial charge is 0.509 e. The third-order valence-corrected chi connectivity index (χ3v) is 13.5. The van der Waals surface area contributed by atoms with E-state index < -0.39 is 0 Å². The van der Waals surface area contributed by atoms with Crippen LogP contribution in [0.4, 0.5) is 22.7 Å². The number of benzene rings is 6. The Bertz CT molecular complexity index is 3080. The van der Waals surface area contributed by atoms with Gasteiger partial charge < -0.3 is 19.1 Å². The minimum Gasteiger partial charge on any atom is -0.509 e. The van der Waals surface area contributed by atoms with Gasteiger partial charge in [0, 0.05) is 66.8 Å². The number of pyridine rings is 1. The molecule has 6 heteroatoms. The molecule has 5 nitrogen and oxygen atoms in total. The van der Waals surface area contributed by atoms with Crippen LogP contribution in [0.5, 0.6) is 11.5 Å². The molecule has 67 heavy (non-hydrogen) atoms. The van der Waals surface area contributed by atoms with Gasteiger partial charge in [0.15, 0.2) is 0 Å². The van der Waals surface area contributed by atoms with Crippen molar-refractivity contribution in [1.29, 1.82) is 0 Å². The van der Waals surface area contributed by atoms with Crippen molar-refractivity contribution in [2.75, 3.05) is 9.80 Å². The van der Waals surface area contributed by atoms with Crippen LogP contribution < -0.4 is 14.5 Å². The van der Waals surface area contributed by atoms with Crippen LogP contribution in [0.2, 0.25) is 0 Å². The Balaban J connectivity index is 0.00000608. The molecule has 0 fully saturated rings. The second kappa shape index (κ2) is 17.1. The van der Waals surface area contributed by atoms with Crippen LogP contribution in [-0.2, 0) is 48.1 Å². The Labute approximate surface area is 414 Å². The van der Waals surface area contributed by atoms with E-state index in [1.165, 1.54) is 33.4 Å². The predicted octanol–water partition coefficient (Wildman–Crippen LogP) is 16.5. The van der Waals surface area contributed by atoms with Crippen molar-refractivity contribution in [3.05, 3.63) is 186 Å². The number of hydrogen-bond donors (Lipinski definition) is 0. The fourth-order valence-electron chi connectivity index (χ4n) is 9.05. The van der Waals surface area contributed by atoms with Crippen molar-refractivity contribution >= 4 is 44.6 Å². The SMILES string of the molecule is CC(C)(C)c1ccc(C(C)(C)c2ccnc(-n3c4[c-]c(Oc5[c-]c(N6[CH-]N(c7cc(C(C)(C)C)cc(C(C)(C)C)c7)c7ccccc76)ccc5)ccc4c4cc(C(C)(C)C)ccc43)c2)cc1.[Pt]. The maximum Gasteiger partial charge on any atom is 0.135 e. The minimum atomic E-state index is -0.263. The van der Waals surface area contributed by atoms with Crippen LogP contribution in [0.1, 0.15) is 130 Å². The molecule has 348 valence electrons. The zero-order valence-electron chi connectivity index (χ0n) is 41.8. The predicted molar refractivity (Wildman–Crippen MR) is 278 cm³/mol. The molecule has 9 rings (SSSR count). The summed E-state index contributed by atoms with van der Waals surface area (Å²) in [4.78, 5) is 9.55. The van der Waals surface area contributed by atoms with Gasteiger partial charge in [0.2, 0.25) is 0 Å². The zero-order chi connectivity index (χ0) is 47.1. The summed E-state index contributed by atoms with van der Waals surface area (Å²) in [6, 6.07) is 53.6. The van der Waals surface area contributed by atoms with Crippen molar-refractivity contribution in [2.24, 2.45) is 0 Å². The van der Waals surface area contributed by atoms with E-state index in [0.29, 0.717) is 11.5 Å². The van der Waals surface area contributed by atoms with Crippen LogP contribution in [0, 0.1) is 18.8 Å². The first-order valence-electron chi connectivity index (χ1n) is 23.4. The van der Waals surface area contributed by atoms with Crippen LogP contribution in [-0.4, -0.2) is 9.55 Å². The number of fused-ring (bicyclic) bond motifs is 4. The summed E-state index contributed by atoms with van der Waals surface area (Å²) in [5, 5.41) is 2.26. The molecular weight excluding hydrogens is 1000 g/mol. The van der Waals surface area contributed by atoms with Gasteiger partial charge in [-0.15, -0.1) is 48.1 Å². The van der Waals surface area contributed by atoms with E-state index in [9.17, 15) is 0 Å². The van der Waals surface area contributed by atoms with Crippen molar-refractivity contribution in [3.63, 3.8) is 0 Å². The molecule has 6 aromatic carbocycles. The Hall–Kier alpha value is -5.64. The summed E-state index contributed by atoms with van der Waals surface area (Å²) in [5.41, 5.74) is 13.7. The molecule has 3 heterocycles. The zero-order valence-corrected chi connectivity index (χ0v) is 44.1. The van der Waals surface area contributed by atoms with Crippen LogP contribution >= 0.6 is 0 Å². The van der Waals surface area contributed by atoms with E-state index in [-0.39, 0.29) is 48.1 Å². The second-order valence-corrected chi connectivity index (χ2v) is 22.9. The Morgan fingerprint density at radius 2 is 1.06 bits per heavy atom. The number of ether oxygens (including phenoxy) is 1. The van der Waals surface area contributed by atoms with E-state index in [1.807, 2.05) is 24.4 Å². The first kappa shape index (κ1) is 47.8. The van der Waals surface area contributed by atoms with Crippen molar-refractivity contribution in [1.82, 2.24) is 9.55 Å². The molecule has 0 unspecified atom stereocenters. The van der Waals surface area contributed by atoms with Crippen LogP contribution in [0.25, 0.3) is 27.6 Å². The average molecular weight is 1070 g/mol. The Morgan fingerprint density at radius 3 is 1.69 bits per heavy atom. The molecule has 0 N–H and O–H groups in total. The van der Waals surface area contributed by atoms with Gasteiger partial charge in [0.1, 0.15) is 5.82 Å². The van der Waals surface area contributed by atoms with Crippen molar-refractivity contribution in [3.8, 4) is 17.3 Å². The standard InChI is InChI=1S/C61H65N4O.Pt/c1-57(2,3)40-22-24-41(25-23-40)61(13,14)43-30-31-62-56(36-43)65-52-29-26-42(58(4,5)6)35-51(52)50-28-27-49(38-55(50)65)66-48-19-17-18-46(37-48)63-39-64(54-21-16-15-20-53(54)63)47-33-44(59(7,8)9)32-45(34-47)60(10,11)12;/h15-36,39H,1-14H3;/q-3;. The smallest absolute Gasteiger partial charge is 0.135 e. The van der Waals surface area contributed by atoms with Gasteiger partial charge >= 0.3 is 0 Å². The first-order valence-corrected chi connectivity index (χ1v) is 23.4. The number of rotatable bonds is 7. The fraction of sp³-hybridized carbons (Fsp3) is 0.311. The van der Waals surface area contributed by atoms with Crippen LogP contribution in [0.3, 0.4) is 0 Å². The number of para-hydroxylation sites is 2. The van der Waals surface area contributed by atoms with Gasteiger partial charge in [0.05, 0.1) is 0 Å². The molecule has 0 amide bonds. The molecule has 8 aromatic rings. The summed E-state index contributed by atoms with van der Waals surface area (Å²) >= 11 is 0. The molecule has 1 aliphatic heterocycles. The topological polar surface area (TPSA) is 33.5 Å². The van der Waals surface area contributed by atoms with Crippen molar-refractivity contribution in [2.45, 2.75) is 124 Å². The summed E-state index contributed by atoms with van der Waals surface area (Å²) in [6.07, 6.45) is 1.94. The van der Waals surface area contributed by atoms with E-state index in [1.54, 1.807) is 0 Å². The van der Waals surface area contributed by atoms with E-state index in [2.05, 4.69) is 239 Å². The third-order valence-electron chi connectivity index (χ3n) is 13.5. The number of anilines is 4. The number of aromatic nitrogens is 2. The summed E-state index contributed by atoms with van der Waals surface area (Å²) in [5.74, 6) is 2.05. The third kappa shape index (κ3) is 9.21. The van der Waals surface area contributed by atoms with Gasteiger partial charge in [-0.05, 0) is 103 Å². The van der Waals surface area contributed by atoms with E-state index in [4.69, 9.17) is 9.72 Å². The maximum atomic E-state index is 6.73. The molecule has 0 saturated heterocycles. The molecule has 0 radical (unpaired) electrons. The monoisotopic (exact) mass is 1060 g/mol. The maximum absolute atomic E-state index is 6.73. The summed E-state index contributed by atoms with van der Waals surface area (Å²) in [6.45, 7) is 34.1. The molecule has 0 spiro atoms. The Kier molecular flexibility index (Phi) is 12.2. The average Bonchev–Trinajstić information content (AvgIpc) is 3.81.